The van der Waals surface area contributed by atoms with E-state index in [0.29, 0.717) is 46.3 Å². The molecule has 6 heteroatoms. The van der Waals surface area contributed by atoms with Crippen LogP contribution in [0.25, 0.3) is 0 Å². The molecule has 0 N–H and O–H groups in total. The summed E-state index contributed by atoms with van der Waals surface area (Å²) in [4.78, 5) is 46.3. The number of carbonyl (C=O) groups is 4. The number of rotatable bonds is 8. The van der Waals surface area contributed by atoms with E-state index in [1.807, 2.05) is 24.3 Å². The molecule has 0 saturated carbocycles. The monoisotopic (exact) mass is 492 g/mol. The van der Waals surface area contributed by atoms with Gasteiger partial charge in [0, 0.05) is 16.5 Å². The summed E-state index contributed by atoms with van der Waals surface area (Å²) in [6.07, 6.45) is 1.43. The highest BCUT2D eigenvalue weighted by atomic mass is 16.5. The Morgan fingerprint density at radius 1 is 0.541 bits per heavy atom. The highest BCUT2D eigenvalue weighted by molar-refractivity contribution is 5.92. The third-order valence-corrected chi connectivity index (χ3v) is 6.14. The molecule has 0 bridgehead atoms. The first-order chi connectivity index (χ1) is 17.8. The molecule has 0 amide bonds. The average molecular weight is 493 g/mol. The quantitative estimate of drug-likeness (QED) is 0.168. The van der Waals surface area contributed by atoms with Crippen LogP contribution in [-0.2, 0) is 5.41 Å². The van der Waals surface area contributed by atoms with Crippen LogP contribution in [0.1, 0.15) is 66.4 Å². The number of benzene rings is 4. The lowest BCUT2D eigenvalue weighted by molar-refractivity contribution is 0.0725. The van der Waals surface area contributed by atoms with E-state index < -0.39 is 11.9 Å². The van der Waals surface area contributed by atoms with Gasteiger partial charge in [0.2, 0.25) is 0 Å². The number of hydrogen-bond donors (Lipinski definition) is 0. The first kappa shape index (κ1) is 25.3. The summed E-state index contributed by atoms with van der Waals surface area (Å²) in [5.74, 6) is -0.191. The van der Waals surface area contributed by atoms with Crippen molar-refractivity contribution in [3.63, 3.8) is 0 Å². The molecule has 37 heavy (non-hydrogen) atoms. The molecule has 0 spiro atoms. The fourth-order valence-corrected chi connectivity index (χ4v) is 3.77. The fourth-order valence-electron chi connectivity index (χ4n) is 3.77. The Morgan fingerprint density at radius 3 is 1.16 bits per heavy atom. The van der Waals surface area contributed by atoms with Crippen LogP contribution in [0.4, 0.5) is 0 Å². The SMILES string of the molecule is CC(C)(c1ccc(OC(=O)c2ccc(C=O)cc2)cc1)c1ccc(OC(=O)c2ccc(C=O)cc2)cc1. The number of carbonyl (C=O) groups excluding carboxylic acids is 4. The zero-order valence-electron chi connectivity index (χ0n) is 20.3. The molecular weight excluding hydrogens is 468 g/mol. The van der Waals surface area contributed by atoms with Crippen molar-refractivity contribution in [1.29, 1.82) is 0 Å². The minimum Gasteiger partial charge on any atom is -0.423 e. The van der Waals surface area contributed by atoms with Crippen molar-refractivity contribution in [2.75, 3.05) is 0 Å². The summed E-state index contributed by atoms with van der Waals surface area (Å²) in [6, 6.07) is 27.0. The first-order valence-electron chi connectivity index (χ1n) is 11.6. The largest absolute Gasteiger partial charge is 0.423 e. The molecule has 0 heterocycles. The Kier molecular flexibility index (Phi) is 7.39. The van der Waals surface area contributed by atoms with Crippen LogP contribution in [0.5, 0.6) is 11.5 Å². The Balaban J connectivity index is 1.41. The molecule has 0 unspecified atom stereocenters. The summed E-state index contributed by atoms with van der Waals surface area (Å²) in [6.45, 7) is 4.14. The fraction of sp³-hybridized carbons (Fsp3) is 0.0968. The van der Waals surface area contributed by atoms with Crippen LogP contribution in [0.2, 0.25) is 0 Å². The zero-order chi connectivity index (χ0) is 26.4. The van der Waals surface area contributed by atoms with Gasteiger partial charge in [-0.15, -0.1) is 0 Å². The van der Waals surface area contributed by atoms with E-state index in [4.69, 9.17) is 9.47 Å². The van der Waals surface area contributed by atoms with Crippen molar-refractivity contribution in [2.24, 2.45) is 0 Å². The van der Waals surface area contributed by atoms with E-state index in [2.05, 4.69) is 13.8 Å². The van der Waals surface area contributed by atoms with Gasteiger partial charge in [0.05, 0.1) is 11.1 Å². The van der Waals surface area contributed by atoms with Crippen LogP contribution < -0.4 is 9.47 Å². The van der Waals surface area contributed by atoms with Gasteiger partial charge in [-0.3, -0.25) is 9.59 Å². The molecule has 4 aromatic rings. The van der Waals surface area contributed by atoms with Crippen LogP contribution in [0.3, 0.4) is 0 Å². The number of hydrogen-bond acceptors (Lipinski definition) is 6. The third-order valence-electron chi connectivity index (χ3n) is 6.14. The van der Waals surface area contributed by atoms with E-state index >= 15 is 0 Å². The number of ether oxygens (including phenoxy) is 2. The Morgan fingerprint density at radius 2 is 0.865 bits per heavy atom. The Bertz CT molecular complexity index is 1300. The van der Waals surface area contributed by atoms with Gasteiger partial charge in [-0.05, 0) is 59.7 Å². The van der Waals surface area contributed by atoms with E-state index in [9.17, 15) is 19.2 Å². The molecule has 0 atom stereocenters. The summed E-state index contributed by atoms with van der Waals surface area (Å²) >= 11 is 0. The van der Waals surface area contributed by atoms with Crippen molar-refractivity contribution >= 4 is 24.5 Å². The molecule has 4 aromatic carbocycles. The van der Waals surface area contributed by atoms with E-state index in [-0.39, 0.29) is 5.41 Å². The first-order valence-corrected chi connectivity index (χ1v) is 11.6. The van der Waals surface area contributed by atoms with Crippen molar-refractivity contribution in [2.45, 2.75) is 19.3 Å². The van der Waals surface area contributed by atoms with Crippen molar-refractivity contribution in [3.05, 3.63) is 130 Å². The molecular formula is C31H24O6. The van der Waals surface area contributed by atoms with Gasteiger partial charge in [0.25, 0.3) is 0 Å². The van der Waals surface area contributed by atoms with Crippen LogP contribution in [0.15, 0.2) is 97.1 Å². The number of aldehydes is 2. The van der Waals surface area contributed by atoms with Gasteiger partial charge >= 0.3 is 11.9 Å². The summed E-state index contributed by atoms with van der Waals surface area (Å²) < 4.78 is 10.9. The molecule has 0 aliphatic rings. The van der Waals surface area contributed by atoms with Crippen LogP contribution >= 0.6 is 0 Å². The molecule has 6 nitrogen and oxygen atoms in total. The van der Waals surface area contributed by atoms with Gasteiger partial charge in [-0.2, -0.15) is 0 Å². The van der Waals surface area contributed by atoms with Crippen molar-refractivity contribution < 1.29 is 28.7 Å². The van der Waals surface area contributed by atoms with Crippen LogP contribution in [0, 0.1) is 0 Å². The van der Waals surface area contributed by atoms with Gasteiger partial charge in [-0.1, -0.05) is 62.4 Å². The minimum absolute atomic E-state index is 0.355. The zero-order valence-corrected chi connectivity index (χ0v) is 20.3. The second-order valence-electron chi connectivity index (χ2n) is 8.93. The molecule has 4 rings (SSSR count). The molecule has 0 radical (unpaired) electrons. The lowest BCUT2D eigenvalue weighted by Crippen LogP contribution is -2.19. The van der Waals surface area contributed by atoms with E-state index in [0.717, 1.165) is 11.1 Å². The minimum atomic E-state index is -0.505. The smallest absolute Gasteiger partial charge is 0.343 e. The normalized spacial score (nSPS) is 10.9. The van der Waals surface area contributed by atoms with Crippen molar-refractivity contribution in [1.82, 2.24) is 0 Å². The number of esters is 2. The molecule has 0 saturated heterocycles. The third kappa shape index (κ3) is 5.87. The standard InChI is InChI=1S/C31H24O6/c1-31(2,25-11-15-27(16-12-25)36-29(34)23-7-3-21(19-32)4-8-23)26-13-17-28(18-14-26)37-30(35)24-9-5-22(20-33)6-10-24/h3-20H,1-2H3. The molecule has 184 valence electrons. The molecule has 0 fully saturated rings. The summed E-state index contributed by atoms with van der Waals surface area (Å²) in [7, 11) is 0. The summed E-state index contributed by atoms with van der Waals surface area (Å²) in [5, 5.41) is 0. The van der Waals surface area contributed by atoms with Gasteiger partial charge < -0.3 is 9.47 Å². The maximum absolute atomic E-state index is 12.4. The predicted molar refractivity (Wildman–Crippen MR) is 139 cm³/mol. The topological polar surface area (TPSA) is 86.7 Å². The molecule has 0 aromatic heterocycles. The average Bonchev–Trinajstić information content (AvgIpc) is 2.93. The highest BCUT2D eigenvalue weighted by Crippen LogP contribution is 2.33. The molecule has 0 aliphatic heterocycles. The van der Waals surface area contributed by atoms with E-state index in [1.54, 1.807) is 72.8 Å². The Labute approximate surface area is 214 Å². The molecule has 0 aliphatic carbocycles. The van der Waals surface area contributed by atoms with Crippen molar-refractivity contribution in [3.8, 4) is 11.5 Å². The summed E-state index contributed by atoms with van der Waals surface area (Å²) in [5.41, 5.74) is 3.31. The lowest BCUT2D eigenvalue weighted by Gasteiger charge is -2.26. The Hall–Kier alpha value is -4.84. The lowest BCUT2D eigenvalue weighted by atomic mass is 9.78. The second-order valence-corrected chi connectivity index (χ2v) is 8.93. The van der Waals surface area contributed by atoms with Crippen LogP contribution in [-0.4, -0.2) is 24.5 Å². The van der Waals surface area contributed by atoms with Gasteiger partial charge in [0.1, 0.15) is 24.1 Å². The second kappa shape index (κ2) is 10.8. The maximum Gasteiger partial charge on any atom is 0.343 e. The van der Waals surface area contributed by atoms with E-state index in [1.165, 1.54) is 0 Å². The maximum atomic E-state index is 12.4. The van der Waals surface area contributed by atoms with Gasteiger partial charge in [-0.25, -0.2) is 9.59 Å². The predicted octanol–water partition coefficient (Wildman–Crippen LogP) is 6.08. The highest BCUT2D eigenvalue weighted by Gasteiger charge is 2.23. The van der Waals surface area contributed by atoms with Gasteiger partial charge in [0.15, 0.2) is 0 Å².